The normalized spacial score (nSPS) is 11.0. The summed E-state index contributed by atoms with van der Waals surface area (Å²) in [5.74, 6) is 0.648. The number of carbonyl (C=O) groups excluding carboxylic acids is 1. The van der Waals surface area contributed by atoms with Crippen LogP contribution in [0.4, 0.5) is 5.69 Å². The maximum Gasteiger partial charge on any atom is 0.244 e. The van der Waals surface area contributed by atoms with Crippen LogP contribution in [0.2, 0.25) is 0 Å². The van der Waals surface area contributed by atoms with Gasteiger partial charge >= 0.3 is 0 Å². The number of hydrogen-bond donors (Lipinski definition) is 1. The first-order chi connectivity index (χ1) is 12.6. The molecule has 0 atom stereocenters. The Labute approximate surface area is 162 Å². The van der Waals surface area contributed by atoms with Crippen molar-refractivity contribution in [1.29, 1.82) is 0 Å². The Morgan fingerprint density at radius 1 is 1.27 bits per heavy atom. The number of halogens is 1. The van der Waals surface area contributed by atoms with Crippen LogP contribution in [0, 0.1) is 6.92 Å². The highest BCUT2D eigenvalue weighted by Gasteiger charge is 2.16. The van der Waals surface area contributed by atoms with Crippen molar-refractivity contribution in [3.05, 3.63) is 64.2 Å². The molecule has 0 spiro atoms. The molecule has 5 nitrogen and oxygen atoms in total. The van der Waals surface area contributed by atoms with Gasteiger partial charge in [0.15, 0.2) is 5.82 Å². The number of carbonyl (C=O) groups is 1. The molecule has 0 saturated carbocycles. The fourth-order valence-electron chi connectivity index (χ4n) is 2.80. The van der Waals surface area contributed by atoms with Gasteiger partial charge in [-0.2, -0.15) is 0 Å². The second-order valence-corrected chi connectivity index (χ2v) is 7.65. The molecule has 130 valence electrons. The second kappa shape index (κ2) is 7.01. The number of fused-ring (bicyclic) bond motifs is 1. The van der Waals surface area contributed by atoms with E-state index in [2.05, 4.69) is 31.2 Å². The minimum Gasteiger partial charge on any atom is -0.324 e. The van der Waals surface area contributed by atoms with E-state index >= 15 is 0 Å². The molecule has 2 heterocycles. The minimum absolute atomic E-state index is 0.108. The van der Waals surface area contributed by atoms with Crippen LogP contribution in [-0.2, 0) is 11.3 Å². The molecule has 0 fully saturated rings. The number of thiazole rings is 1. The maximum absolute atomic E-state index is 12.7. The molecule has 2 aromatic heterocycles. The Bertz CT molecular complexity index is 1090. The number of imidazole rings is 1. The Kier molecular flexibility index (Phi) is 4.57. The van der Waals surface area contributed by atoms with Gasteiger partial charge in [-0.3, -0.25) is 9.78 Å². The van der Waals surface area contributed by atoms with E-state index in [-0.39, 0.29) is 12.5 Å². The molecule has 7 heteroatoms. The van der Waals surface area contributed by atoms with E-state index in [1.165, 1.54) is 11.3 Å². The third-order valence-electron chi connectivity index (χ3n) is 4.01. The molecule has 0 saturated heterocycles. The molecule has 0 unspecified atom stereocenters. The van der Waals surface area contributed by atoms with E-state index in [0.29, 0.717) is 0 Å². The van der Waals surface area contributed by atoms with Crippen molar-refractivity contribution in [2.75, 3.05) is 5.32 Å². The van der Waals surface area contributed by atoms with Gasteiger partial charge in [0, 0.05) is 10.7 Å². The molecule has 26 heavy (non-hydrogen) atoms. The summed E-state index contributed by atoms with van der Waals surface area (Å²) >= 11 is 5.01. The lowest BCUT2D eigenvalue weighted by Gasteiger charge is -2.11. The number of aromatic nitrogens is 3. The zero-order valence-electron chi connectivity index (χ0n) is 13.9. The van der Waals surface area contributed by atoms with Gasteiger partial charge in [-0.1, -0.05) is 18.2 Å². The van der Waals surface area contributed by atoms with E-state index in [4.69, 9.17) is 0 Å². The smallest absolute Gasteiger partial charge is 0.244 e. The van der Waals surface area contributed by atoms with Gasteiger partial charge in [0.2, 0.25) is 5.91 Å². The minimum atomic E-state index is -0.108. The van der Waals surface area contributed by atoms with Crippen molar-refractivity contribution in [2.24, 2.45) is 0 Å². The highest BCUT2D eigenvalue weighted by atomic mass is 79.9. The zero-order valence-corrected chi connectivity index (χ0v) is 16.3. The first-order valence-corrected chi connectivity index (χ1v) is 9.69. The molecule has 0 aliphatic carbocycles. The van der Waals surface area contributed by atoms with Crippen LogP contribution in [0.3, 0.4) is 0 Å². The number of hydrogen-bond acceptors (Lipinski definition) is 4. The molecule has 2 aromatic carbocycles. The van der Waals surface area contributed by atoms with Crippen molar-refractivity contribution in [3.63, 3.8) is 0 Å². The van der Waals surface area contributed by atoms with E-state index in [9.17, 15) is 4.79 Å². The van der Waals surface area contributed by atoms with Crippen molar-refractivity contribution in [3.8, 4) is 10.7 Å². The maximum atomic E-state index is 12.7. The van der Waals surface area contributed by atoms with Crippen LogP contribution < -0.4 is 5.32 Å². The Balaban J connectivity index is 1.68. The third kappa shape index (κ3) is 3.27. The van der Waals surface area contributed by atoms with Crippen LogP contribution in [0.15, 0.2) is 58.6 Å². The first kappa shape index (κ1) is 16.9. The quantitative estimate of drug-likeness (QED) is 0.506. The molecular weight excluding hydrogens is 412 g/mol. The standard InChI is InChI=1S/C19H15BrN4OS/c1-12-6-7-14(13(20)8-12)22-18(25)10-24-16-5-3-2-4-15(16)23-19(24)17-9-21-11-26-17/h2-9,11H,10H2,1H3,(H,22,25). The van der Waals surface area contributed by atoms with Gasteiger partial charge in [0.1, 0.15) is 6.54 Å². The van der Waals surface area contributed by atoms with E-state index < -0.39 is 0 Å². The predicted octanol–water partition coefficient (Wildman–Crippen LogP) is 4.87. The zero-order chi connectivity index (χ0) is 18.1. The highest BCUT2D eigenvalue weighted by molar-refractivity contribution is 9.10. The predicted molar refractivity (Wildman–Crippen MR) is 108 cm³/mol. The fraction of sp³-hybridized carbons (Fsp3) is 0.105. The number of amides is 1. The van der Waals surface area contributed by atoms with Crippen molar-refractivity contribution in [1.82, 2.24) is 14.5 Å². The van der Waals surface area contributed by atoms with Crippen LogP contribution in [-0.4, -0.2) is 20.4 Å². The lowest BCUT2D eigenvalue weighted by atomic mass is 10.2. The summed E-state index contributed by atoms with van der Waals surface area (Å²) in [6.45, 7) is 2.18. The van der Waals surface area contributed by atoms with Gasteiger partial charge < -0.3 is 9.88 Å². The lowest BCUT2D eigenvalue weighted by molar-refractivity contribution is -0.116. The van der Waals surface area contributed by atoms with Crippen LogP contribution in [0.25, 0.3) is 21.7 Å². The van der Waals surface area contributed by atoms with Crippen LogP contribution in [0.5, 0.6) is 0 Å². The summed E-state index contributed by atoms with van der Waals surface area (Å²) in [4.78, 5) is 22.4. The average Bonchev–Trinajstić information content (AvgIpc) is 3.26. The van der Waals surface area contributed by atoms with Crippen molar-refractivity contribution in [2.45, 2.75) is 13.5 Å². The SMILES string of the molecule is Cc1ccc(NC(=O)Cn2c(-c3cncs3)nc3ccccc32)c(Br)c1. The average molecular weight is 427 g/mol. The largest absolute Gasteiger partial charge is 0.324 e. The molecule has 4 rings (SSSR count). The van der Waals surface area contributed by atoms with Crippen LogP contribution in [0.1, 0.15) is 5.56 Å². The number of nitrogens with zero attached hydrogens (tertiary/aromatic N) is 3. The van der Waals surface area contributed by atoms with Crippen molar-refractivity contribution >= 4 is 49.9 Å². The number of rotatable bonds is 4. The molecular formula is C19H15BrN4OS. The second-order valence-electron chi connectivity index (χ2n) is 5.91. The molecule has 1 amide bonds. The van der Waals surface area contributed by atoms with E-state index in [1.54, 1.807) is 11.7 Å². The number of anilines is 1. The Morgan fingerprint density at radius 2 is 2.12 bits per heavy atom. The highest BCUT2D eigenvalue weighted by Crippen LogP contribution is 2.28. The monoisotopic (exact) mass is 426 g/mol. The van der Waals surface area contributed by atoms with Gasteiger partial charge in [0.25, 0.3) is 0 Å². The van der Waals surface area contributed by atoms with E-state index in [0.717, 1.165) is 37.5 Å². The fourth-order valence-corrected chi connectivity index (χ4v) is 4.02. The van der Waals surface area contributed by atoms with Gasteiger partial charge in [-0.15, -0.1) is 11.3 Å². The summed E-state index contributed by atoms with van der Waals surface area (Å²) < 4.78 is 2.80. The third-order valence-corrected chi connectivity index (χ3v) is 5.43. The molecule has 0 aliphatic rings. The molecule has 1 N–H and O–H groups in total. The summed E-state index contributed by atoms with van der Waals surface area (Å²) in [5.41, 5.74) is 5.43. The van der Waals surface area contributed by atoms with Gasteiger partial charge in [-0.25, -0.2) is 4.98 Å². The molecule has 0 aliphatic heterocycles. The summed E-state index contributed by atoms with van der Waals surface area (Å²) in [6, 6.07) is 13.7. The van der Waals surface area contributed by atoms with Crippen LogP contribution >= 0.6 is 27.3 Å². The number of nitrogens with one attached hydrogen (secondary N) is 1. The molecule has 0 bridgehead atoms. The number of aryl methyl sites for hydroxylation is 1. The molecule has 4 aromatic rings. The number of benzene rings is 2. The Hall–Kier alpha value is -2.51. The topological polar surface area (TPSA) is 59.8 Å². The number of para-hydroxylation sites is 2. The molecule has 0 radical (unpaired) electrons. The van der Waals surface area contributed by atoms with Gasteiger partial charge in [-0.05, 0) is 52.7 Å². The van der Waals surface area contributed by atoms with Gasteiger partial charge in [0.05, 0.1) is 27.1 Å². The van der Waals surface area contributed by atoms with Crippen molar-refractivity contribution < 1.29 is 4.79 Å². The van der Waals surface area contributed by atoms with E-state index in [1.807, 2.05) is 54.0 Å². The Morgan fingerprint density at radius 3 is 2.88 bits per heavy atom. The lowest BCUT2D eigenvalue weighted by Crippen LogP contribution is -2.19. The summed E-state index contributed by atoms with van der Waals surface area (Å²) in [6.07, 6.45) is 1.77. The summed E-state index contributed by atoms with van der Waals surface area (Å²) in [5, 5.41) is 2.97. The summed E-state index contributed by atoms with van der Waals surface area (Å²) in [7, 11) is 0. The first-order valence-electron chi connectivity index (χ1n) is 8.02.